The van der Waals surface area contributed by atoms with Gasteiger partial charge >= 0.3 is 0 Å². The summed E-state index contributed by atoms with van der Waals surface area (Å²) < 4.78 is 14.7. The predicted octanol–water partition coefficient (Wildman–Crippen LogP) is 4.96. The van der Waals surface area contributed by atoms with Crippen LogP contribution in [-0.2, 0) is 0 Å². The van der Waals surface area contributed by atoms with E-state index in [4.69, 9.17) is 5.73 Å². The summed E-state index contributed by atoms with van der Waals surface area (Å²) in [6.45, 7) is 0. The number of nitrogens with zero attached hydrogens (tertiary/aromatic N) is 1. The number of aromatic nitrogens is 1. The van der Waals surface area contributed by atoms with E-state index in [1.54, 1.807) is 12.1 Å². The number of halogens is 2. The topological polar surface area (TPSA) is 38.9 Å². The number of rotatable bonds is 2. The third-order valence-electron chi connectivity index (χ3n) is 2.86. The summed E-state index contributed by atoms with van der Waals surface area (Å²) in [4.78, 5) is 4.48. The first kappa shape index (κ1) is 13.3. The van der Waals surface area contributed by atoms with E-state index in [1.165, 1.54) is 17.4 Å². The van der Waals surface area contributed by atoms with E-state index in [2.05, 4.69) is 20.9 Å². The highest BCUT2D eigenvalue weighted by Crippen LogP contribution is 2.37. The minimum absolute atomic E-state index is 0.329. The van der Waals surface area contributed by atoms with Gasteiger partial charge in [0.2, 0.25) is 0 Å². The zero-order valence-electron chi connectivity index (χ0n) is 10.3. The van der Waals surface area contributed by atoms with Crippen LogP contribution in [0.5, 0.6) is 0 Å². The third kappa shape index (κ3) is 2.46. The first-order valence-corrected chi connectivity index (χ1v) is 7.53. The fourth-order valence-corrected chi connectivity index (χ4v) is 3.12. The maximum atomic E-state index is 13.9. The van der Waals surface area contributed by atoms with E-state index in [0.717, 1.165) is 15.0 Å². The SMILES string of the molecule is Nc1sc(-c2ccccc2)nc1-c1cc(Br)ccc1F. The summed E-state index contributed by atoms with van der Waals surface area (Å²) in [7, 11) is 0. The van der Waals surface area contributed by atoms with Crippen LogP contribution in [0.1, 0.15) is 0 Å². The molecular weight excluding hydrogens is 339 g/mol. The van der Waals surface area contributed by atoms with Crippen LogP contribution in [0.25, 0.3) is 21.8 Å². The molecule has 5 heteroatoms. The van der Waals surface area contributed by atoms with Crippen molar-refractivity contribution in [3.8, 4) is 21.8 Å². The second-order valence-corrected chi connectivity index (χ2v) is 6.17. The van der Waals surface area contributed by atoms with Crippen LogP contribution >= 0.6 is 27.3 Å². The van der Waals surface area contributed by atoms with Gasteiger partial charge in [0.25, 0.3) is 0 Å². The summed E-state index contributed by atoms with van der Waals surface area (Å²) in [5.41, 5.74) is 7.89. The minimum atomic E-state index is -0.329. The maximum Gasteiger partial charge on any atom is 0.132 e. The zero-order chi connectivity index (χ0) is 14.1. The van der Waals surface area contributed by atoms with Gasteiger partial charge < -0.3 is 5.73 Å². The van der Waals surface area contributed by atoms with Gasteiger partial charge in [0.05, 0.1) is 0 Å². The number of thiazole rings is 1. The molecular formula is C15H10BrFN2S. The molecule has 0 bridgehead atoms. The molecule has 0 radical (unpaired) electrons. The summed E-state index contributed by atoms with van der Waals surface area (Å²) in [6.07, 6.45) is 0. The van der Waals surface area contributed by atoms with Crippen molar-refractivity contribution in [1.82, 2.24) is 4.98 Å². The molecule has 20 heavy (non-hydrogen) atoms. The summed E-state index contributed by atoms with van der Waals surface area (Å²) in [6, 6.07) is 14.5. The number of hydrogen-bond acceptors (Lipinski definition) is 3. The Morgan fingerprint density at radius 2 is 1.85 bits per heavy atom. The van der Waals surface area contributed by atoms with E-state index < -0.39 is 0 Å². The Balaban J connectivity index is 2.12. The van der Waals surface area contributed by atoms with Crippen molar-refractivity contribution in [2.45, 2.75) is 0 Å². The Morgan fingerprint density at radius 3 is 2.60 bits per heavy atom. The fourth-order valence-electron chi connectivity index (χ4n) is 1.91. The lowest BCUT2D eigenvalue weighted by molar-refractivity contribution is 0.630. The van der Waals surface area contributed by atoms with E-state index >= 15 is 0 Å². The van der Waals surface area contributed by atoms with Gasteiger partial charge in [-0.3, -0.25) is 0 Å². The highest BCUT2D eigenvalue weighted by molar-refractivity contribution is 9.10. The predicted molar refractivity (Wildman–Crippen MR) is 85.1 cm³/mol. The molecule has 2 N–H and O–H groups in total. The lowest BCUT2D eigenvalue weighted by Gasteiger charge is -2.01. The van der Waals surface area contributed by atoms with Gasteiger partial charge in [-0.1, -0.05) is 57.6 Å². The lowest BCUT2D eigenvalue weighted by atomic mass is 10.1. The van der Waals surface area contributed by atoms with Gasteiger partial charge in [-0.15, -0.1) is 0 Å². The van der Waals surface area contributed by atoms with E-state index in [9.17, 15) is 4.39 Å². The largest absolute Gasteiger partial charge is 0.389 e. The monoisotopic (exact) mass is 348 g/mol. The molecule has 0 fully saturated rings. The van der Waals surface area contributed by atoms with Gasteiger partial charge in [0, 0.05) is 15.6 Å². The van der Waals surface area contributed by atoms with Crippen LogP contribution < -0.4 is 5.73 Å². The number of nitrogen functional groups attached to an aromatic ring is 1. The van der Waals surface area contributed by atoms with Gasteiger partial charge in [-0.25, -0.2) is 9.37 Å². The highest BCUT2D eigenvalue weighted by Gasteiger charge is 2.15. The molecule has 3 aromatic rings. The smallest absolute Gasteiger partial charge is 0.132 e. The number of nitrogens with two attached hydrogens (primary N) is 1. The standard InChI is InChI=1S/C15H10BrFN2S/c16-10-6-7-12(17)11(8-10)13-14(18)20-15(19-13)9-4-2-1-3-5-9/h1-8H,18H2. The number of anilines is 1. The fraction of sp³-hybridized carbons (Fsp3) is 0. The molecule has 0 spiro atoms. The van der Waals surface area contributed by atoms with Gasteiger partial charge in [0.1, 0.15) is 21.5 Å². The molecule has 0 aliphatic heterocycles. The second-order valence-electron chi connectivity index (χ2n) is 4.22. The zero-order valence-corrected chi connectivity index (χ0v) is 12.7. The average Bonchev–Trinajstić information content (AvgIpc) is 2.84. The quantitative estimate of drug-likeness (QED) is 0.710. The third-order valence-corrected chi connectivity index (χ3v) is 4.28. The maximum absolute atomic E-state index is 13.9. The number of hydrogen-bond donors (Lipinski definition) is 1. The van der Waals surface area contributed by atoms with Crippen LogP contribution in [0.2, 0.25) is 0 Å². The molecule has 0 aliphatic carbocycles. The summed E-state index contributed by atoms with van der Waals surface area (Å²) in [5, 5.41) is 1.30. The number of benzene rings is 2. The highest BCUT2D eigenvalue weighted by atomic mass is 79.9. The van der Waals surface area contributed by atoms with E-state index in [1.807, 2.05) is 30.3 Å². The Kier molecular flexibility index (Phi) is 3.54. The molecule has 0 aliphatic rings. The molecule has 2 aromatic carbocycles. The van der Waals surface area contributed by atoms with Gasteiger partial charge in [0.15, 0.2) is 0 Å². The Morgan fingerprint density at radius 1 is 1.10 bits per heavy atom. The van der Waals surface area contributed by atoms with Crippen LogP contribution in [0.4, 0.5) is 9.39 Å². The first-order valence-electron chi connectivity index (χ1n) is 5.92. The first-order chi connectivity index (χ1) is 9.65. The molecule has 100 valence electrons. The van der Waals surface area contributed by atoms with Crippen molar-refractivity contribution in [3.05, 3.63) is 58.8 Å². The summed E-state index contributed by atoms with van der Waals surface area (Å²) in [5.74, 6) is -0.329. The van der Waals surface area contributed by atoms with Crippen molar-refractivity contribution in [1.29, 1.82) is 0 Å². The van der Waals surface area contributed by atoms with Crippen molar-refractivity contribution in [2.75, 3.05) is 5.73 Å². The minimum Gasteiger partial charge on any atom is -0.389 e. The Bertz CT molecular complexity index is 756. The van der Waals surface area contributed by atoms with Crippen LogP contribution in [0, 0.1) is 5.82 Å². The molecule has 0 amide bonds. The van der Waals surface area contributed by atoms with Crippen LogP contribution in [-0.4, -0.2) is 4.98 Å². The van der Waals surface area contributed by atoms with Crippen LogP contribution in [0.3, 0.4) is 0 Å². The van der Waals surface area contributed by atoms with Crippen LogP contribution in [0.15, 0.2) is 53.0 Å². The van der Waals surface area contributed by atoms with E-state index in [0.29, 0.717) is 16.3 Å². The van der Waals surface area contributed by atoms with Gasteiger partial charge in [-0.2, -0.15) is 0 Å². The Hall–Kier alpha value is -1.72. The average molecular weight is 349 g/mol. The Labute approximate surface area is 128 Å². The van der Waals surface area contributed by atoms with Gasteiger partial charge in [-0.05, 0) is 18.2 Å². The molecule has 2 nitrogen and oxygen atoms in total. The molecule has 0 saturated heterocycles. The lowest BCUT2D eigenvalue weighted by Crippen LogP contribution is -1.89. The summed E-state index contributed by atoms with van der Waals surface area (Å²) >= 11 is 4.70. The normalized spacial score (nSPS) is 10.7. The van der Waals surface area contributed by atoms with Crippen molar-refractivity contribution < 1.29 is 4.39 Å². The molecule has 1 aromatic heterocycles. The molecule has 0 saturated carbocycles. The van der Waals surface area contributed by atoms with Crippen molar-refractivity contribution >= 4 is 32.3 Å². The van der Waals surface area contributed by atoms with Crippen molar-refractivity contribution in [3.63, 3.8) is 0 Å². The molecule has 3 rings (SSSR count). The molecule has 0 unspecified atom stereocenters. The second kappa shape index (κ2) is 5.34. The van der Waals surface area contributed by atoms with Crippen molar-refractivity contribution in [2.24, 2.45) is 0 Å². The van der Waals surface area contributed by atoms with E-state index in [-0.39, 0.29) is 5.82 Å². The molecule has 0 atom stereocenters. The molecule has 1 heterocycles.